The minimum atomic E-state index is 0.430. The highest BCUT2D eigenvalue weighted by atomic mass is 127. The average molecular weight is 454 g/mol. The van der Waals surface area contributed by atoms with Crippen molar-refractivity contribution in [3.05, 3.63) is 51.6 Å². The van der Waals surface area contributed by atoms with Crippen molar-refractivity contribution in [3.63, 3.8) is 0 Å². The van der Waals surface area contributed by atoms with E-state index in [0.717, 1.165) is 11.3 Å². The molecular weight excluding hydrogens is 439 g/mol. The molecule has 1 aromatic heterocycles. The van der Waals surface area contributed by atoms with E-state index < -0.39 is 0 Å². The third-order valence-electron chi connectivity index (χ3n) is 3.32. The van der Waals surface area contributed by atoms with Gasteiger partial charge in [-0.2, -0.15) is 0 Å². The number of hydrogen-bond acceptors (Lipinski definition) is 6. The van der Waals surface area contributed by atoms with Crippen LogP contribution in [-0.2, 0) is 5.75 Å². The van der Waals surface area contributed by atoms with E-state index in [1.807, 2.05) is 12.1 Å². The first-order chi connectivity index (χ1) is 11.7. The van der Waals surface area contributed by atoms with Crippen molar-refractivity contribution in [2.75, 3.05) is 14.2 Å². The van der Waals surface area contributed by atoms with E-state index >= 15 is 0 Å². The lowest BCUT2D eigenvalue weighted by Gasteiger charge is -2.07. The molecule has 0 saturated heterocycles. The Morgan fingerprint density at radius 1 is 1.04 bits per heavy atom. The summed E-state index contributed by atoms with van der Waals surface area (Å²) in [6.07, 6.45) is 0. The highest BCUT2D eigenvalue weighted by molar-refractivity contribution is 14.1. The molecule has 0 aliphatic carbocycles. The molecule has 0 fully saturated rings. The van der Waals surface area contributed by atoms with Gasteiger partial charge in [0.1, 0.15) is 11.5 Å². The Balaban J connectivity index is 1.74. The molecule has 0 amide bonds. The number of rotatable bonds is 6. The van der Waals surface area contributed by atoms with Crippen LogP contribution < -0.4 is 9.47 Å². The fourth-order valence-electron chi connectivity index (χ4n) is 2.08. The molecular formula is C17H15IN2O3S. The summed E-state index contributed by atoms with van der Waals surface area (Å²) in [5.41, 5.74) is 1.95. The Morgan fingerprint density at radius 2 is 1.83 bits per heavy atom. The first kappa shape index (κ1) is 17.1. The third-order valence-corrected chi connectivity index (χ3v) is 4.93. The fourth-order valence-corrected chi connectivity index (χ4v) is 3.16. The van der Waals surface area contributed by atoms with Crippen molar-refractivity contribution in [1.82, 2.24) is 10.2 Å². The molecule has 3 rings (SSSR count). The van der Waals surface area contributed by atoms with Crippen LogP contribution in [0.15, 0.2) is 52.1 Å². The average Bonchev–Trinajstić information content (AvgIpc) is 3.09. The maximum Gasteiger partial charge on any atom is 0.277 e. The standard InChI is InChI=1S/C17H15IN2O3S/c1-21-13-7-8-14(15(9-13)22-2)16-19-20-17(23-16)24-10-11-3-5-12(18)6-4-11/h3-9H,10H2,1-2H3. The molecule has 24 heavy (non-hydrogen) atoms. The topological polar surface area (TPSA) is 57.4 Å². The smallest absolute Gasteiger partial charge is 0.277 e. The molecule has 0 bridgehead atoms. The lowest BCUT2D eigenvalue weighted by molar-refractivity contribution is 0.393. The predicted octanol–water partition coefficient (Wildman–Crippen LogP) is 4.65. The van der Waals surface area contributed by atoms with Crippen LogP contribution in [0.1, 0.15) is 5.56 Å². The van der Waals surface area contributed by atoms with Crippen LogP contribution in [-0.4, -0.2) is 24.4 Å². The first-order valence-corrected chi connectivity index (χ1v) is 9.19. The second-order valence-corrected chi connectivity index (χ2v) is 7.03. The molecule has 5 nitrogen and oxygen atoms in total. The van der Waals surface area contributed by atoms with Crippen molar-refractivity contribution in [3.8, 4) is 23.0 Å². The van der Waals surface area contributed by atoms with Gasteiger partial charge in [-0.3, -0.25) is 0 Å². The van der Waals surface area contributed by atoms with Gasteiger partial charge in [0, 0.05) is 15.4 Å². The lowest BCUT2D eigenvalue weighted by atomic mass is 10.2. The summed E-state index contributed by atoms with van der Waals surface area (Å²) in [5, 5.41) is 8.75. The fraction of sp³-hybridized carbons (Fsp3) is 0.176. The van der Waals surface area contributed by atoms with Gasteiger partial charge in [0.15, 0.2) is 0 Å². The number of hydrogen-bond donors (Lipinski definition) is 0. The van der Waals surface area contributed by atoms with E-state index in [-0.39, 0.29) is 0 Å². The second-order valence-electron chi connectivity index (χ2n) is 4.85. The van der Waals surface area contributed by atoms with Gasteiger partial charge in [-0.25, -0.2) is 0 Å². The van der Waals surface area contributed by atoms with Crippen molar-refractivity contribution >= 4 is 34.4 Å². The molecule has 1 heterocycles. The summed E-state index contributed by atoms with van der Waals surface area (Å²) in [7, 11) is 3.21. The zero-order valence-electron chi connectivity index (χ0n) is 13.2. The van der Waals surface area contributed by atoms with Gasteiger partial charge in [0.2, 0.25) is 0 Å². The van der Waals surface area contributed by atoms with Crippen LogP contribution in [0.3, 0.4) is 0 Å². The Kier molecular flexibility index (Phi) is 5.62. The summed E-state index contributed by atoms with van der Waals surface area (Å²) in [6, 6.07) is 13.8. The van der Waals surface area contributed by atoms with Crippen LogP contribution in [0.2, 0.25) is 0 Å². The predicted molar refractivity (Wildman–Crippen MR) is 102 cm³/mol. The van der Waals surface area contributed by atoms with Gasteiger partial charge in [-0.1, -0.05) is 23.9 Å². The maximum atomic E-state index is 5.75. The van der Waals surface area contributed by atoms with Crippen molar-refractivity contribution in [2.24, 2.45) is 0 Å². The molecule has 0 unspecified atom stereocenters. The Morgan fingerprint density at radius 3 is 2.54 bits per heavy atom. The number of thioether (sulfide) groups is 1. The summed E-state index contributed by atoms with van der Waals surface area (Å²) >= 11 is 3.80. The molecule has 0 saturated carbocycles. The van der Waals surface area contributed by atoms with Gasteiger partial charge in [0.05, 0.1) is 19.8 Å². The molecule has 0 aliphatic rings. The molecule has 2 aromatic carbocycles. The Bertz CT molecular complexity index is 821. The van der Waals surface area contributed by atoms with E-state index in [0.29, 0.717) is 22.6 Å². The number of halogens is 1. The molecule has 0 N–H and O–H groups in total. The number of methoxy groups -OCH3 is 2. The quantitative estimate of drug-likeness (QED) is 0.399. The maximum absolute atomic E-state index is 5.75. The van der Waals surface area contributed by atoms with E-state index in [1.165, 1.54) is 20.9 Å². The molecule has 3 aromatic rings. The number of nitrogens with zero attached hydrogens (tertiary/aromatic N) is 2. The van der Waals surface area contributed by atoms with Gasteiger partial charge in [-0.15, -0.1) is 10.2 Å². The van der Waals surface area contributed by atoms with Crippen LogP contribution in [0.25, 0.3) is 11.5 Å². The largest absolute Gasteiger partial charge is 0.497 e. The lowest BCUT2D eigenvalue weighted by Crippen LogP contribution is -1.90. The number of ether oxygens (including phenoxy) is 2. The van der Waals surface area contributed by atoms with Crippen LogP contribution >= 0.6 is 34.4 Å². The summed E-state index contributed by atoms with van der Waals surface area (Å²) in [5.74, 6) is 2.55. The third kappa shape index (κ3) is 4.02. The zero-order chi connectivity index (χ0) is 16.9. The summed E-state index contributed by atoms with van der Waals surface area (Å²) in [4.78, 5) is 0. The SMILES string of the molecule is COc1ccc(-c2nnc(SCc3ccc(I)cc3)o2)c(OC)c1. The van der Waals surface area contributed by atoms with Gasteiger partial charge in [-0.05, 0) is 52.4 Å². The second kappa shape index (κ2) is 7.89. The highest BCUT2D eigenvalue weighted by Crippen LogP contribution is 2.34. The van der Waals surface area contributed by atoms with E-state index in [1.54, 1.807) is 20.3 Å². The van der Waals surface area contributed by atoms with Crippen LogP contribution in [0, 0.1) is 3.57 Å². The van der Waals surface area contributed by atoms with E-state index in [9.17, 15) is 0 Å². The molecule has 7 heteroatoms. The summed E-state index contributed by atoms with van der Waals surface area (Å²) < 4.78 is 17.5. The van der Waals surface area contributed by atoms with Crippen molar-refractivity contribution in [1.29, 1.82) is 0 Å². The minimum Gasteiger partial charge on any atom is -0.497 e. The normalized spacial score (nSPS) is 10.6. The summed E-state index contributed by atoms with van der Waals surface area (Å²) in [6.45, 7) is 0. The number of aromatic nitrogens is 2. The van der Waals surface area contributed by atoms with E-state index in [2.05, 4.69) is 57.1 Å². The molecule has 0 spiro atoms. The molecule has 124 valence electrons. The zero-order valence-corrected chi connectivity index (χ0v) is 16.1. The first-order valence-electron chi connectivity index (χ1n) is 7.12. The van der Waals surface area contributed by atoms with E-state index in [4.69, 9.17) is 13.9 Å². The van der Waals surface area contributed by atoms with Gasteiger partial charge >= 0.3 is 0 Å². The van der Waals surface area contributed by atoms with Gasteiger partial charge in [0.25, 0.3) is 11.1 Å². The van der Waals surface area contributed by atoms with Crippen LogP contribution in [0.5, 0.6) is 11.5 Å². The molecule has 0 aliphatic heterocycles. The van der Waals surface area contributed by atoms with Gasteiger partial charge < -0.3 is 13.9 Å². The Hall–Kier alpha value is -1.74. The van der Waals surface area contributed by atoms with Crippen molar-refractivity contribution in [2.45, 2.75) is 11.0 Å². The van der Waals surface area contributed by atoms with Crippen LogP contribution in [0.4, 0.5) is 0 Å². The molecule has 0 atom stereocenters. The van der Waals surface area contributed by atoms with Crippen molar-refractivity contribution < 1.29 is 13.9 Å². The minimum absolute atomic E-state index is 0.430. The Labute approximate surface area is 157 Å². The number of benzene rings is 2. The molecule has 0 radical (unpaired) electrons. The monoisotopic (exact) mass is 454 g/mol. The highest BCUT2D eigenvalue weighted by Gasteiger charge is 2.14.